The molecule has 8 heteroatoms. The number of nitrogens with zero attached hydrogens (tertiary/aromatic N) is 2. The minimum absolute atomic E-state index is 0.0386. The highest BCUT2D eigenvalue weighted by molar-refractivity contribution is 5.76. The number of halogens is 3. The summed E-state index contributed by atoms with van der Waals surface area (Å²) in [5.41, 5.74) is 0.813. The van der Waals surface area contributed by atoms with Crippen LogP contribution in [-0.4, -0.2) is 42.7 Å². The second-order valence-corrected chi connectivity index (χ2v) is 5.53. The zero-order valence-electron chi connectivity index (χ0n) is 14.0. The van der Waals surface area contributed by atoms with Crippen LogP contribution in [0, 0.1) is 0 Å². The van der Waals surface area contributed by atoms with Crippen molar-refractivity contribution in [1.29, 1.82) is 0 Å². The molecule has 2 rings (SSSR count). The Morgan fingerprint density at radius 2 is 1.96 bits per heavy atom. The molecule has 1 heterocycles. The van der Waals surface area contributed by atoms with E-state index in [1.165, 1.54) is 7.05 Å². The van der Waals surface area contributed by atoms with Gasteiger partial charge in [0.05, 0.1) is 19.7 Å². The molecule has 0 aliphatic carbocycles. The minimum Gasteiger partial charge on any atom is -0.497 e. The topological polar surface area (TPSA) is 55.6 Å². The number of amides is 1. The molecule has 5 nitrogen and oxygen atoms in total. The fraction of sp³-hybridized carbons (Fsp3) is 0.412. The molecule has 25 heavy (non-hydrogen) atoms. The van der Waals surface area contributed by atoms with Crippen molar-refractivity contribution in [3.63, 3.8) is 0 Å². The van der Waals surface area contributed by atoms with Crippen molar-refractivity contribution >= 4 is 5.91 Å². The largest absolute Gasteiger partial charge is 0.497 e. The maximum Gasteiger partial charge on any atom is 0.390 e. The lowest BCUT2D eigenvalue weighted by Crippen LogP contribution is -2.30. The van der Waals surface area contributed by atoms with Gasteiger partial charge in [-0.05, 0) is 24.3 Å². The molecule has 0 aliphatic heterocycles. The van der Waals surface area contributed by atoms with Crippen LogP contribution in [0.15, 0.2) is 34.9 Å². The summed E-state index contributed by atoms with van der Waals surface area (Å²) in [7, 11) is 2.93. The minimum atomic E-state index is -4.27. The number of hydrogen-bond donors (Lipinski definition) is 0. The maximum atomic E-state index is 12.2. The number of ether oxygens (including phenoxy) is 1. The van der Waals surface area contributed by atoms with E-state index in [1.54, 1.807) is 25.4 Å². The molecule has 0 saturated carbocycles. The Labute approximate surface area is 143 Å². The standard InChI is InChI=1S/C17H19F3N2O3/c1-22(10-9-17(18,19)20)16(23)8-7-15-21-11-14(25-15)12-3-5-13(24-2)6-4-12/h3-6,11H,7-10H2,1-2H3. The van der Waals surface area contributed by atoms with Crippen molar-refractivity contribution < 1.29 is 27.1 Å². The number of carbonyl (C=O) groups is 1. The van der Waals surface area contributed by atoms with Crippen LogP contribution in [0.5, 0.6) is 5.75 Å². The number of benzene rings is 1. The van der Waals surface area contributed by atoms with Crippen molar-refractivity contribution in [2.24, 2.45) is 0 Å². The molecule has 0 fully saturated rings. The molecule has 0 N–H and O–H groups in total. The average molecular weight is 356 g/mol. The van der Waals surface area contributed by atoms with Gasteiger partial charge in [0.15, 0.2) is 11.7 Å². The first-order chi connectivity index (χ1) is 11.8. The Hall–Kier alpha value is -2.51. The molecular formula is C17H19F3N2O3. The molecule has 0 unspecified atom stereocenters. The second-order valence-electron chi connectivity index (χ2n) is 5.53. The summed E-state index contributed by atoms with van der Waals surface area (Å²) in [4.78, 5) is 17.0. The van der Waals surface area contributed by atoms with Gasteiger partial charge in [-0.1, -0.05) is 0 Å². The van der Waals surface area contributed by atoms with E-state index in [9.17, 15) is 18.0 Å². The number of carbonyl (C=O) groups excluding carboxylic acids is 1. The van der Waals surface area contributed by atoms with Crippen LogP contribution >= 0.6 is 0 Å². The normalized spacial score (nSPS) is 11.4. The molecule has 1 amide bonds. The number of aryl methyl sites for hydroxylation is 1. The fourth-order valence-corrected chi connectivity index (χ4v) is 2.14. The zero-order chi connectivity index (χ0) is 18.4. The van der Waals surface area contributed by atoms with E-state index in [0.29, 0.717) is 11.7 Å². The molecule has 0 aliphatic rings. The maximum absolute atomic E-state index is 12.2. The van der Waals surface area contributed by atoms with E-state index in [1.807, 2.05) is 12.1 Å². The fourth-order valence-electron chi connectivity index (χ4n) is 2.14. The van der Waals surface area contributed by atoms with Crippen molar-refractivity contribution in [1.82, 2.24) is 9.88 Å². The van der Waals surface area contributed by atoms with Crippen LogP contribution in [0.3, 0.4) is 0 Å². The molecule has 0 radical (unpaired) electrons. The Morgan fingerprint density at radius 1 is 1.28 bits per heavy atom. The van der Waals surface area contributed by atoms with Gasteiger partial charge >= 0.3 is 6.18 Å². The van der Waals surface area contributed by atoms with Gasteiger partial charge in [-0.15, -0.1) is 0 Å². The molecule has 0 bridgehead atoms. The van der Waals surface area contributed by atoms with Crippen molar-refractivity contribution in [3.05, 3.63) is 36.4 Å². The number of rotatable bonds is 7. The molecule has 1 aromatic heterocycles. The number of hydrogen-bond acceptors (Lipinski definition) is 4. The highest BCUT2D eigenvalue weighted by atomic mass is 19.4. The van der Waals surface area contributed by atoms with E-state index < -0.39 is 12.6 Å². The van der Waals surface area contributed by atoms with E-state index in [0.717, 1.165) is 16.2 Å². The van der Waals surface area contributed by atoms with Crippen molar-refractivity contribution in [2.75, 3.05) is 20.7 Å². The zero-order valence-corrected chi connectivity index (χ0v) is 14.0. The van der Waals surface area contributed by atoms with Gasteiger partial charge in [-0.25, -0.2) is 4.98 Å². The van der Waals surface area contributed by atoms with E-state index in [4.69, 9.17) is 9.15 Å². The summed E-state index contributed by atoms with van der Waals surface area (Å²) in [6.07, 6.45) is -3.47. The first-order valence-electron chi connectivity index (χ1n) is 7.68. The second kappa shape index (κ2) is 8.04. The quantitative estimate of drug-likeness (QED) is 0.759. The van der Waals surface area contributed by atoms with Gasteiger partial charge < -0.3 is 14.1 Å². The van der Waals surface area contributed by atoms with Crippen LogP contribution < -0.4 is 4.74 Å². The lowest BCUT2D eigenvalue weighted by atomic mass is 10.2. The first kappa shape index (κ1) is 18.8. The Morgan fingerprint density at radius 3 is 2.56 bits per heavy atom. The number of alkyl halides is 3. The Balaban J connectivity index is 1.87. The van der Waals surface area contributed by atoms with E-state index in [2.05, 4.69) is 4.98 Å². The molecule has 1 aromatic carbocycles. The number of oxazole rings is 1. The van der Waals surface area contributed by atoms with Crippen LogP contribution in [0.1, 0.15) is 18.7 Å². The van der Waals surface area contributed by atoms with E-state index in [-0.39, 0.29) is 25.3 Å². The summed E-state index contributed by atoms with van der Waals surface area (Å²) < 4.78 is 47.2. The van der Waals surface area contributed by atoms with Crippen molar-refractivity contribution in [3.8, 4) is 17.1 Å². The van der Waals surface area contributed by atoms with Crippen LogP contribution in [0.2, 0.25) is 0 Å². The lowest BCUT2D eigenvalue weighted by Gasteiger charge is -2.17. The predicted octanol–water partition coefficient (Wildman–Crippen LogP) is 3.69. The molecule has 0 atom stereocenters. The summed E-state index contributed by atoms with van der Waals surface area (Å²) in [6.45, 7) is -0.356. The third kappa shape index (κ3) is 5.81. The monoisotopic (exact) mass is 356 g/mol. The predicted molar refractivity (Wildman–Crippen MR) is 85.1 cm³/mol. The molecular weight excluding hydrogens is 337 g/mol. The van der Waals surface area contributed by atoms with Crippen LogP contribution in [-0.2, 0) is 11.2 Å². The SMILES string of the molecule is COc1ccc(-c2cnc(CCC(=O)N(C)CCC(F)(F)F)o2)cc1. The number of methoxy groups -OCH3 is 1. The van der Waals surface area contributed by atoms with Crippen LogP contribution in [0.25, 0.3) is 11.3 Å². The third-order valence-electron chi connectivity index (χ3n) is 3.64. The lowest BCUT2D eigenvalue weighted by molar-refractivity contribution is -0.144. The summed E-state index contributed by atoms with van der Waals surface area (Å²) in [5.74, 6) is 1.25. The highest BCUT2D eigenvalue weighted by Crippen LogP contribution is 2.23. The third-order valence-corrected chi connectivity index (χ3v) is 3.64. The van der Waals surface area contributed by atoms with Gasteiger partial charge in [-0.2, -0.15) is 13.2 Å². The van der Waals surface area contributed by atoms with Gasteiger partial charge in [0.2, 0.25) is 5.91 Å². The molecule has 0 saturated heterocycles. The Bertz CT molecular complexity index is 696. The van der Waals surface area contributed by atoms with Crippen molar-refractivity contribution in [2.45, 2.75) is 25.4 Å². The van der Waals surface area contributed by atoms with E-state index >= 15 is 0 Å². The summed E-state index contributed by atoms with van der Waals surface area (Å²) in [6, 6.07) is 7.21. The summed E-state index contributed by atoms with van der Waals surface area (Å²) in [5, 5.41) is 0. The first-order valence-corrected chi connectivity index (χ1v) is 7.68. The smallest absolute Gasteiger partial charge is 0.390 e. The van der Waals surface area contributed by atoms with Gasteiger partial charge in [-0.3, -0.25) is 4.79 Å². The van der Waals surface area contributed by atoms with Gasteiger partial charge in [0, 0.05) is 32.0 Å². The molecule has 0 spiro atoms. The van der Waals surface area contributed by atoms with Crippen LogP contribution in [0.4, 0.5) is 13.2 Å². The van der Waals surface area contributed by atoms with Gasteiger partial charge in [0.25, 0.3) is 0 Å². The number of aromatic nitrogens is 1. The molecule has 2 aromatic rings. The molecule has 136 valence electrons. The summed E-state index contributed by atoms with van der Waals surface area (Å²) >= 11 is 0. The van der Waals surface area contributed by atoms with Gasteiger partial charge in [0.1, 0.15) is 5.75 Å². The highest BCUT2D eigenvalue weighted by Gasteiger charge is 2.28. The Kier molecular flexibility index (Phi) is 6.06. The average Bonchev–Trinajstić information content (AvgIpc) is 3.06.